The fourth-order valence-corrected chi connectivity index (χ4v) is 2.26. The van der Waals surface area contributed by atoms with Crippen molar-refractivity contribution in [1.82, 2.24) is 9.80 Å². The van der Waals surface area contributed by atoms with Gasteiger partial charge in [-0.3, -0.25) is 19.3 Å². The fraction of sp³-hybridized carbons (Fsp3) is 0.375. The summed E-state index contributed by atoms with van der Waals surface area (Å²) in [4.78, 5) is 49.2. The SMILES string of the molecule is CCOc1ccc(NC(=O)CN2C(=O)C(=O)N(C(C)C)C2=O)cc1. The van der Waals surface area contributed by atoms with Crippen molar-refractivity contribution in [3.63, 3.8) is 0 Å². The number of ether oxygens (including phenoxy) is 1. The second-order valence-corrected chi connectivity index (χ2v) is 5.45. The Morgan fingerprint density at radius 3 is 2.25 bits per heavy atom. The van der Waals surface area contributed by atoms with E-state index in [0.717, 1.165) is 4.90 Å². The van der Waals surface area contributed by atoms with Gasteiger partial charge in [-0.25, -0.2) is 9.69 Å². The zero-order chi connectivity index (χ0) is 17.9. The van der Waals surface area contributed by atoms with Crippen LogP contribution in [-0.2, 0) is 14.4 Å². The maximum absolute atomic E-state index is 12.1. The van der Waals surface area contributed by atoms with Crippen molar-refractivity contribution in [3.05, 3.63) is 24.3 Å². The molecule has 0 aliphatic carbocycles. The number of anilines is 1. The van der Waals surface area contributed by atoms with Crippen LogP contribution in [0.4, 0.5) is 10.5 Å². The van der Waals surface area contributed by atoms with Gasteiger partial charge in [-0.1, -0.05) is 0 Å². The van der Waals surface area contributed by atoms with Gasteiger partial charge < -0.3 is 10.1 Å². The summed E-state index contributed by atoms with van der Waals surface area (Å²) in [5.41, 5.74) is 0.495. The van der Waals surface area contributed by atoms with Crippen molar-refractivity contribution in [2.75, 3.05) is 18.5 Å². The average Bonchev–Trinajstić information content (AvgIpc) is 2.73. The number of hydrogen-bond acceptors (Lipinski definition) is 5. The molecule has 5 amide bonds. The number of imide groups is 2. The second-order valence-electron chi connectivity index (χ2n) is 5.45. The Hall–Kier alpha value is -2.90. The molecule has 1 aromatic carbocycles. The van der Waals surface area contributed by atoms with Gasteiger partial charge in [0.15, 0.2) is 0 Å². The van der Waals surface area contributed by atoms with Gasteiger partial charge in [0, 0.05) is 11.7 Å². The van der Waals surface area contributed by atoms with Gasteiger partial charge in [0.2, 0.25) is 5.91 Å². The lowest BCUT2D eigenvalue weighted by Gasteiger charge is -2.18. The van der Waals surface area contributed by atoms with E-state index in [2.05, 4.69) is 5.32 Å². The Morgan fingerprint density at radius 1 is 1.12 bits per heavy atom. The fourth-order valence-electron chi connectivity index (χ4n) is 2.26. The number of carbonyl (C=O) groups excluding carboxylic acids is 4. The lowest BCUT2D eigenvalue weighted by Crippen LogP contribution is -2.40. The van der Waals surface area contributed by atoms with Crippen LogP contribution in [0.1, 0.15) is 20.8 Å². The molecule has 1 saturated heterocycles. The van der Waals surface area contributed by atoms with Crippen LogP contribution in [0, 0.1) is 0 Å². The quantitative estimate of drug-likeness (QED) is 0.624. The normalized spacial score (nSPS) is 14.6. The monoisotopic (exact) mass is 333 g/mol. The number of hydrogen-bond donors (Lipinski definition) is 1. The van der Waals surface area contributed by atoms with E-state index in [1.54, 1.807) is 38.1 Å². The van der Waals surface area contributed by atoms with Crippen LogP contribution < -0.4 is 10.1 Å². The molecule has 0 spiro atoms. The molecule has 1 N–H and O–H groups in total. The summed E-state index contributed by atoms with van der Waals surface area (Å²) >= 11 is 0. The highest BCUT2D eigenvalue weighted by molar-refractivity contribution is 6.45. The van der Waals surface area contributed by atoms with Crippen molar-refractivity contribution in [2.45, 2.75) is 26.8 Å². The molecular weight excluding hydrogens is 314 g/mol. The van der Waals surface area contributed by atoms with Gasteiger partial charge in [0.05, 0.1) is 6.61 Å². The highest BCUT2D eigenvalue weighted by atomic mass is 16.5. The molecule has 1 aliphatic heterocycles. The predicted molar refractivity (Wildman–Crippen MR) is 85.3 cm³/mol. The second kappa shape index (κ2) is 7.12. The minimum atomic E-state index is -0.990. The Bertz CT molecular complexity index is 669. The number of urea groups is 1. The van der Waals surface area contributed by atoms with Crippen LogP contribution >= 0.6 is 0 Å². The molecule has 1 fully saturated rings. The van der Waals surface area contributed by atoms with E-state index in [1.165, 1.54) is 0 Å². The summed E-state index contributed by atoms with van der Waals surface area (Å²) < 4.78 is 5.29. The smallest absolute Gasteiger partial charge is 0.334 e. The van der Waals surface area contributed by atoms with Gasteiger partial charge in [0.25, 0.3) is 0 Å². The molecule has 2 rings (SSSR count). The molecule has 24 heavy (non-hydrogen) atoms. The van der Waals surface area contributed by atoms with Crippen molar-refractivity contribution in [1.29, 1.82) is 0 Å². The first kappa shape index (κ1) is 17.5. The molecule has 8 nitrogen and oxygen atoms in total. The van der Waals surface area contributed by atoms with E-state index < -0.39 is 36.3 Å². The molecule has 0 atom stereocenters. The summed E-state index contributed by atoms with van der Waals surface area (Å²) in [5, 5.41) is 2.57. The molecule has 0 saturated carbocycles. The van der Waals surface area contributed by atoms with Crippen LogP contribution in [0.2, 0.25) is 0 Å². The topological polar surface area (TPSA) is 96.0 Å². The first-order valence-corrected chi connectivity index (χ1v) is 7.56. The molecule has 128 valence electrons. The first-order chi connectivity index (χ1) is 11.3. The van der Waals surface area contributed by atoms with Crippen molar-refractivity contribution in [2.24, 2.45) is 0 Å². The first-order valence-electron chi connectivity index (χ1n) is 7.56. The van der Waals surface area contributed by atoms with Crippen LogP contribution in [-0.4, -0.2) is 52.7 Å². The van der Waals surface area contributed by atoms with Crippen molar-refractivity contribution < 1.29 is 23.9 Å². The van der Waals surface area contributed by atoms with Crippen LogP contribution in [0.25, 0.3) is 0 Å². The molecule has 0 unspecified atom stereocenters. The maximum Gasteiger partial charge on any atom is 0.334 e. The zero-order valence-electron chi connectivity index (χ0n) is 13.7. The summed E-state index contributed by atoms with van der Waals surface area (Å²) in [6.07, 6.45) is 0. The minimum absolute atomic E-state index is 0.451. The molecular formula is C16H19N3O5. The number of benzene rings is 1. The summed E-state index contributed by atoms with van der Waals surface area (Å²) in [6.45, 7) is 5.12. The molecule has 0 radical (unpaired) electrons. The van der Waals surface area contributed by atoms with Gasteiger partial charge in [0.1, 0.15) is 12.3 Å². The van der Waals surface area contributed by atoms with Crippen LogP contribution in [0.3, 0.4) is 0 Å². The molecule has 8 heteroatoms. The third-order valence-electron chi connectivity index (χ3n) is 3.35. The number of carbonyl (C=O) groups is 4. The molecule has 1 aromatic rings. The van der Waals surface area contributed by atoms with E-state index >= 15 is 0 Å². The minimum Gasteiger partial charge on any atom is -0.494 e. The third kappa shape index (κ3) is 3.53. The van der Waals surface area contributed by atoms with Crippen molar-refractivity contribution in [3.8, 4) is 5.75 Å². The Morgan fingerprint density at radius 2 is 1.75 bits per heavy atom. The Kier molecular flexibility index (Phi) is 5.18. The van der Waals surface area contributed by atoms with Gasteiger partial charge in [-0.15, -0.1) is 0 Å². The lowest BCUT2D eigenvalue weighted by atomic mass is 10.3. The highest BCUT2D eigenvalue weighted by Crippen LogP contribution is 2.17. The van der Waals surface area contributed by atoms with Crippen LogP contribution in [0.5, 0.6) is 5.75 Å². The zero-order valence-corrected chi connectivity index (χ0v) is 13.7. The summed E-state index contributed by atoms with van der Waals surface area (Å²) in [5.74, 6) is -1.81. The number of nitrogens with zero attached hydrogens (tertiary/aromatic N) is 2. The number of amides is 5. The standard InChI is InChI=1S/C16H19N3O5/c1-4-24-12-7-5-11(6-8-12)17-13(20)9-18-14(21)15(22)19(10(2)3)16(18)23/h5-8,10H,4,9H2,1-3H3,(H,17,20). The summed E-state index contributed by atoms with van der Waals surface area (Å²) in [6, 6.07) is 5.43. The average molecular weight is 333 g/mol. The molecule has 0 aromatic heterocycles. The molecule has 1 heterocycles. The number of nitrogens with one attached hydrogen (secondary N) is 1. The largest absolute Gasteiger partial charge is 0.494 e. The Labute approximate surface area is 139 Å². The summed E-state index contributed by atoms with van der Waals surface area (Å²) in [7, 11) is 0. The van der Waals surface area contributed by atoms with Crippen molar-refractivity contribution >= 4 is 29.4 Å². The van der Waals surface area contributed by atoms with E-state index in [9.17, 15) is 19.2 Å². The Balaban J connectivity index is 2.00. The third-order valence-corrected chi connectivity index (χ3v) is 3.35. The molecule has 1 aliphatic rings. The van der Waals surface area contributed by atoms with E-state index in [1.807, 2.05) is 6.92 Å². The predicted octanol–water partition coefficient (Wildman–Crippen LogP) is 1.22. The molecule has 0 bridgehead atoms. The van der Waals surface area contributed by atoms with Gasteiger partial charge in [-0.05, 0) is 45.0 Å². The van der Waals surface area contributed by atoms with E-state index in [4.69, 9.17) is 4.74 Å². The highest BCUT2D eigenvalue weighted by Gasteiger charge is 2.46. The van der Waals surface area contributed by atoms with E-state index in [0.29, 0.717) is 22.9 Å². The maximum atomic E-state index is 12.1. The van der Waals surface area contributed by atoms with Gasteiger partial charge in [-0.2, -0.15) is 0 Å². The van der Waals surface area contributed by atoms with E-state index in [-0.39, 0.29) is 0 Å². The van der Waals surface area contributed by atoms with Crippen LogP contribution in [0.15, 0.2) is 24.3 Å². The van der Waals surface area contributed by atoms with Gasteiger partial charge >= 0.3 is 17.8 Å². The number of rotatable bonds is 6. The lowest BCUT2D eigenvalue weighted by molar-refractivity contribution is -0.144.